The summed E-state index contributed by atoms with van der Waals surface area (Å²) in [5, 5.41) is 2.41. The molecule has 0 atom stereocenters. The minimum atomic E-state index is -0.0428. The number of fused-ring (bicyclic) bond motifs is 3. The SMILES string of the molecule is CC(C)(C)N(c1cccc2oc3cccc(N(C(C)(C)C)C(C)(C)C)c3c12)C(C)(C)C. The summed E-state index contributed by atoms with van der Waals surface area (Å²) < 4.78 is 6.43. The molecule has 3 nitrogen and oxygen atoms in total. The molecule has 3 rings (SSSR count). The maximum absolute atomic E-state index is 6.43. The van der Waals surface area contributed by atoms with Crippen molar-refractivity contribution in [2.24, 2.45) is 0 Å². The molecule has 0 spiro atoms. The Balaban J connectivity index is 2.50. The number of hydrogen-bond donors (Lipinski definition) is 0. The van der Waals surface area contributed by atoms with Gasteiger partial charge in [-0.3, -0.25) is 0 Å². The molecule has 0 unspecified atom stereocenters. The van der Waals surface area contributed by atoms with Crippen molar-refractivity contribution >= 4 is 33.3 Å². The number of nitrogens with zero attached hydrogens (tertiary/aromatic N) is 2. The van der Waals surface area contributed by atoms with Crippen LogP contribution in [0.2, 0.25) is 0 Å². The van der Waals surface area contributed by atoms with E-state index >= 15 is 0 Å². The van der Waals surface area contributed by atoms with E-state index < -0.39 is 0 Å². The van der Waals surface area contributed by atoms with Gasteiger partial charge in [-0.15, -0.1) is 0 Å². The highest BCUT2D eigenvalue weighted by molar-refractivity contribution is 6.17. The van der Waals surface area contributed by atoms with Crippen molar-refractivity contribution in [3.63, 3.8) is 0 Å². The molecule has 1 aromatic heterocycles. The zero-order chi connectivity index (χ0) is 23.6. The lowest BCUT2D eigenvalue weighted by molar-refractivity contribution is 0.380. The zero-order valence-corrected chi connectivity index (χ0v) is 21.8. The lowest BCUT2D eigenvalue weighted by Crippen LogP contribution is -2.53. The Morgan fingerprint density at radius 3 is 1.03 bits per heavy atom. The molecule has 0 saturated heterocycles. The summed E-state index contributed by atoms with van der Waals surface area (Å²) >= 11 is 0. The first-order chi connectivity index (χ1) is 13.9. The standard InChI is InChI=1S/C28H42N2O/c1-25(2,3)29(26(4,5)6)19-15-13-17-21-23(19)24-20(16-14-18-22(24)31-21)30(27(7,8)9)28(10,11)12/h13-18H,1-12H3. The van der Waals surface area contributed by atoms with Gasteiger partial charge in [0.1, 0.15) is 11.2 Å². The molecule has 0 aliphatic rings. The molecule has 0 amide bonds. The van der Waals surface area contributed by atoms with Crippen LogP contribution >= 0.6 is 0 Å². The molecule has 31 heavy (non-hydrogen) atoms. The van der Waals surface area contributed by atoms with Crippen LogP contribution in [-0.4, -0.2) is 22.2 Å². The van der Waals surface area contributed by atoms with E-state index in [2.05, 4.69) is 129 Å². The highest BCUT2D eigenvalue weighted by Gasteiger charge is 2.36. The number of hydrogen-bond acceptors (Lipinski definition) is 3. The van der Waals surface area contributed by atoms with E-state index in [0.29, 0.717) is 0 Å². The third kappa shape index (κ3) is 4.29. The lowest BCUT2D eigenvalue weighted by atomic mass is 9.91. The van der Waals surface area contributed by atoms with E-state index in [4.69, 9.17) is 4.42 Å². The summed E-state index contributed by atoms with van der Waals surface area (Å²) in [6.45, 7) is 27.5. The fourth-order valence-corrected chi connectivity index (χ4v) is 5.66. The number of furan rings is 1. The van der Waals surface area contributed by atoms with Crippen molar-refractivity contribution in [2.75, 3.05) is 9.80 Å². The van der Waals surface area contributed by atoms with Crippen molar-refractivity contribution in [1.29, 1.82) is 0 Å². The molecule has 2 aromatic carbocycles. The highest BCUT2D eigenvalue weighted by Crippen LogP contribution is 2.46. The molecule has 0 aliphatic heterocycles. The Kier molecular flexibility index (Phi) is 5.45. The minimum Gasteiger partial charge on any atom is -0.456 e. The lowest BCUT2D eigenvalue weighted by Gasteiger charge is -2.48. The van der Waals surface area contributed by atoms with Crippen LogP contribution < -0.4 is 9.80 Å². The van der Waals surface area contributed by atoms with Gasteiger partial charge in [0.25, 0.3) is 0 Å². The predicted molar refractivity (Wildman–Crippen MR) is 138 cm³/mol. The second-order valence-corrected chi connectivity index (χ2v) is 12.8. The summed E-state index contributed by atoms with van der Waals surface area (Å²) in [4.78, 5) is 5.07. The Morgan fingerprint density at radius 2 is 0.774 bits per heavy atom. The van der Waals surface area contributed by atoms with Gasteiger partial charge in [-0.05, 0) is 107 Å². The van der Waals surface area contributed by atoms with Gasteiger partial charge in [-0.2, -0.15) is 0 Å². The molecule has 0 aliphatic carbocycles. The van der Waals surface area contributed by atoms with E-state index in [1.54, 1.807) is 0 Å². The van der Waals surface area contributed by atoms with Gasteiger partial charge in [-0.25, -0.2) is 0 Å². The van der Waals surface area contributed by atoms with Gasteiger partial charge >= 0.3 is 0 Å². The van der Waals surface area contributed by atoms with Crippen molar-refractivity contribution < 1.29 is 4.42 Å². The van der Waals surface area contributed by atoms with Gasteiger partial charge < -0.3 is 14.2 Å². The summed E-state index contributed by atoms with van der Waals surface area (Å²) in [7, 11) is 0. The normalized spacial score (nSPS) is 13.8. The Labute approximate surface area is 189 Å². The molecule has 0 radical (unpaired) electrons. The molecule has 170 valence electrons. The molecular formula is C28H42N2O. The Hall–Kier alpha value is -2.16. The Bertz CT molecular complexity index is 965. The van der Waals surface area contributed by atoms with Crippen molar-refractivity contribution in [1.82, 2.24) is 0 Å². The van der Waals surface area contributed by atoms with Crippen LogP contribution in [0.1, 0.15) is 83.1 Å². The topological polar surface area (TPSA) is 19.6 Å². The van der Waals surface area contributed by atoms with Crippen LogP contribution in [0.4, 0.5) is 11.4 Å². The largest absolute Gasteiger partial charge is 0.456 e. The summed E-state index contributed by atoms with van der Waals surface area (Å²) in [6.07, 6.45) is 0. The van der Waals surface area contributed by atoms with Crippen LogP contribution in [0.5, 0.6) is 0 Å². The third-order valence-electron chi connectivity index (χ3n) is 5.64. The summed E-state index contributed by atoms with van der Waals surface area (Å²) in [5.74, 6) is 0. The van der Waals surface area contributed by atoms with Gasteiger partial charge in [0.05, 0.1) is 10.8 Å². The average molecular weight is 423 g/mol. The van der Waals surface area contributed by atoms with Crippen molar-refractivity contribution in [3.8, 4) is 0 Å². The molecule has 1 heterocycles. The van der Waals surface area contributed by atoms with Crippen LogP contribution in [0, 0.1) is 0 Å². The minimum absolute atomic E-state index is 0.0428. The number of rotatable bonds is 2. The maximum atomic E-state index is 6.43. The molecular weight excluding hydrogens is 380 g/mol. The van der Waals surface area contributed by atoms with Gasteiger partial charge in [0, 0.05) is 33.5 Å². The number of anilines is 2. The summed E-state index contributed by atoms with van der Waals surface area (Å²) in [6, 6.07) is 13.0. The fraction of sp³-hybridized carbons (Fsp3) is 0.571. The monoisotopic (exact) mass is 422 g/mol. The van der Waals surface area contributed by atoms with Crippen LogP contribution in [-0.2, 0) is 0 Å². The third-order valence-corrected chi connectivity index (χ3v) is 5.64. The molecule has 0 fully saturated rings. The first-order valence-electron chi connectivity index (χ1n) is 11.5. The molecule has 0 saturated carbocycles. The average Bonchev–Trinajstić information content (AvgIpc) is 2.89. The van der Waals surface area contributed by atoms with Crippen LogP contribution in [0.15, 0.2) is 40.8 Å². The van der Waals surface area contributed by atoms with Crippen molar-refractivity contribution in [3.05, 3.63) is 36.4 Å². The molecule has 3 aromatic rings. The quantitative estimate of drug-likeness (QED) is 0.413. The first kappa shape index (κ1) is 23.5. The van der Waals surface area contributed by atoms with Crippen LogP contribution in [0.3, 0.4) is 0 Å². The van der Waals surface area contributed by atoms with E-state index in [1.165, 1.54) is 22.1 Å². The van der Waals surface area contributed by atoms with Crippen molar-refractivity contribution in [2.45, 2.75) is 105 Å². The van der Waals surface area contributed by atoms with E-state index in [0.717, 1.165) is 11.2 Å². The number of benzene rings is 2. The fourth-order valence-electron chi connectivity index (χ4n) is 5.66. The zero-order valence-electron chi connectivity index (χ0n) is 21.8. The smallest absolute Gasteiger partial charge is 0.137 e. The molecule has 0 bridgehead atoms. The first-order valence-corrected chi connectivity index (χ1v) is 11.5. The van der Waals surface area contributed by atoms with Gasteiger partial charge in [0.2, 0.25) is 0 Å². The second-order valence-electron chi connectivity index (χ2n) is 12.8. The van der Waals surface area contributed by atoms with Gasteiger partial charge in [0.15, 0.2) is 0 Å². The van der Waals surface area contributed by atoms with E-state index in [9.17, 15) is 0 Å². The Morgan fingerprint density at radius 1 is 0.484 bits per heavy atom. The second kappa shape index (κ2) is 7.18. The van der Waals surface area contributed by atoms with Gasteiger partial charge in [-0.1, -0.05) is 12.1 Å². The highest BCUT2D eigenvalue weighted by atomic mass is 16.3. The van der Waals surface area contributed by atoms with E-state index in [-0.39, 0.29) is 22.2 Å². The predicted octanol–water partition coefficient (Wildman–Crippen LogP) is 8.39. The van der Waals surface area contributed by atoms with Crippen LogP contribution in [0.25, 0.3) is 21.9 Å². The molecule has 0 N–H and O–H groups in total. The van der Waals surface area contributed by atoms with E-state index in [1.807, 2.05) is 0 Å². The summed E-state index contributed by atoms with van der Waals surface area (Å²) in [5.41, 5.74) is 4.18. The molecule has 3 heteroatoms. The maximum Gasteiger partial charge on any atom is 0.137 e.